The molecule has 0 aromatic rings. The van der Waals surface area contributed by atoms with Gasteiger partial charge in [0.1, 0.15) is 0 Å². The highest BCUT2D eigenvalue weighted by molar-refractivity contribution is 5.76. The average Bonchev–Trinajstić information content (AvgIpc) is 2.16. The lowest BCUT2D eigenvalue weighted by Gasteiger charge is -2.36. The molecule has 2 saturated heterocycles. The summed E-state index contributed by atoms with van der Waals surface area (Å²) in [6.07, 6.45) is 2.79. The molecule has 1 amide bonds. The maximum atomic E-state index is 11.9. The molecule has 15 heavy (non-hydrogen) atoms. The van der Waals surface area contributed by atoms with E-state index in [2.05, 4.69) is 5.32 Å². The lowest BCUT2D eigenvalue weighted by molar-refractivity contribution is -0.134. The molecule has 2 heterocycles. The zero-order valence-corrected chi connectivity index (χ0v) is 9.37. The lowest BCUT2D eigenvalue weighted by atomic mass is 9.95. The molecule has 0 saturated carbocycles. The van der Waals surface area contributed by atoms with Crippen molar-refractivity contribution in [2.24, 2.45) is 5.92 Å². The summed E-state index contributed by atoms with van der Waals surface area (Å²) in [6, 6.07) is 0.428. The van der Waals surface area contributed by atoms with Crippen molar-refractivity contribution >= 4 is 5.91 Å². The zero-order valence-electron chi connectivity index (χ0n) is 9.37. The lowest BCUT2D eigenvalue weighted by Crippen LogP contribution is -2.57. The minimum atomic E-state index is 0.299. The van der Waals surface area contributed by atoms with Gasteiger partial charge in [-0.1, -0.05) is 0 Å². The van der Waals surface area contributed by atoms with Gasteiger partial charge in [0.05, 0.1) is 6.04 Å². The van der Waals surface area contributed by atoms with E-state index in [0.717, 1.165) is 39.1 Å². The highest BCUT2D eigenvalue weighted by atomic mass is 16.5. The first-order valence-electron chi connectivity index (χ1n) is 5.81. The van der Waals surface area contributed by atoms with Gasteiger partial charge in [-0.2, -0.15) is 0 Å². The van der Waals surface area contributed by atoms with Gasteiger partial charge in [-0.25, -0.2) is 0 Å². The fourth-order valence-electron chi connectivity index (χ4n) is 2.09. The second kappa shape index (κ2) is 4.94. The quantitative estimate of drug-likeness (QED) is 0.728. The summed E-state index contributed by atoms with van der Waals surface area (Å²) in [5.74, 6) is 0.843. The van der Waals surface area contributed by atoms with Crippen molar-refractivity contribution in [2.75, 3.05) is 33.4 Å². The largest absolute Gasteiger partial charge is 0.381 e. The maximum absolute atomic E-state index is 11.9. The Balaban J connectivity index is 1.74. The first kappa shape index (κ1) is 10.9. The van der Waals surface area contributed by atoms with Crippen LogP contribution in [-0.2, 0) is 9.53 Å². The number of nitrogens with zero attached hydrogens (tertiary/aromatic N) is 1. The molecule has 4 heteroatoms. The molecule has 2 aliphatic rings. The SMILES string of the molecule is CN(C(=O)CC1CCOCC1)C1CNC1. The Bertz CT molecular complexity index is 223. The van der Waals surface area contributed by atoms with Crippen LogP contribution in [0.25, 0.3) is 0 Å². The van der Waals surface area contributed by atoms with E-state index in [1.54, 1.807) is 0 Å². The number of carbonyl (C=O) groups excluding carboxylic acids is 1. The second-order valence-electron chi connectivity index (χ2n) is 4.58. The summed E-state index contributed by atoms with van der Waals surface area (Å²) >= 11 is 0. The van der Waals surface area contributed by atoms with Crippen molar-refractivity contribution in [1.29, 1.82) is 0 Å². The van der Waals surface area contributed by atoms with Gasteiger partial charge in [0.15, 0.2) is 0 Å². The van der Waals surface area contributed by atoms with E-state index < -0.39 is 0 Å². The van der Waals surface area contributed by atoms with Gasteiger partial charge in [-0.15, -0.1) is 0 Å². The van der Waals surface area contributed by atoms with Gasteiger partial charge in [-0.3, -0.25) is 4.79 Å². The molecule has 0 radical (unpaired) electrons. The number of carbonyl (C=O) groups is 1. The maximum Gasteiger partial charge on any atom is 0.222 e. The van der Waals surface area contributed by atoms with Crippen molar-refractivity contribution in [3.8, 4) is 0 Å². The van der Waals surface area contributed by atoms with Crippen LogP contribution in [0.3, 0.4) is 0 Å². The molecule has 0 aromatic heterocycles. The minimum Gasteiger partial charge on any atom is -0.381 e. The Morgan fingerprint density at radius 2 is 2.07 bits per heavy atom. The fourth-order valence-corrected chi connectivity index (χ4v) is 2.09. The third-order valence-corrected chi connectivity index (χ3v) is 3.51. The molecule has 0 unspecified atom stereocenters. The van der Waals surface area contributed by atoms with E-state index in [1.807, 2.05) is 11.9 Å². The van der Waals surface area contributed by atoms with Crippen molar-refractivity contribution in [3.05, 3.63) is 0 Å². The highest BCUT2D eigenvalue weighted by Gasteiger charge is 2.27. The number of likely N-dealkylation sites (N-methyl/N-ethyl adjacent to an activating group) is 1. The van der Waals surface area contributed by atoms with Gasteiger partial charge < -0.3 is 15.0 Å². The monoisotopic (exact) mass is 212 g/mol. The molecule has 0 aliphatic carbocycles. The van der Waals surface area contributed by atoms with E-state index >= 15 is 0 Å². The Morgan fingerprint density at radius 1 is 1.40 bits per heavy atom. The number of rotatable bonds is 3. The van der Waals surface area contributed by atoms with Crippen molar-refractivity contribution in [1.82, 2.24) is 10.2 Å². The first-order chi connectivity index (χ1) is 7.27. The normalized spacial score (nSPS) is 23.5. The minimum absolute atomic E-state index is 0.299. The predicted molar refractivity (Wildman–Crippen MR) is 57.6 cm³/mol. The molecule has 86 valence electrons. The van der Waals surface area contributed by atoms with Crippen LogP contribution in [0.4, 0.5) is 0 Å². The third kappa shape index (κ3) is 2.69. The standard InChI is InChI=1S/C11H20N2O2/c1-13(10-7-12-8-10)11(14)6-9-2-4-15-5-3-9/h9-10,12H,2-8H2,1H3. The van der Waals surface area contributed by atoms with E-state index in [0.29, 0.717) is 24.3 Å². The summed E-state index contributed by atoms with van der Waals surface area (Å²) in [5.41, 5.74) is 0. The molecular formula is C11H20N2O2. The van der Waals surface area contributed by atoms with E-state index in [9.17, 15) is 4.79 Å². The van der Waals surface area contributed by atoms with Crippen LogP contribution in [0.5, 0.6) is 0 Å². The molecular weight excluding hydrogens is 192 g/mol. The van der Waals surface area contributed by atoms with E-state index in [4.69, 9.17) is 4.74 Å². The summed E-state index contributed by atoms with van der Waals surface area (Å²) in [7, 11) is 1.92. The smallest absolute Gasteiger partial charge is 0.222 e. The summed E-state index contributed by atoms with van der Waals surface area (Å²) < 4.78 is 5.29. The zero-order chi connectivity index (χ0) is 10.7. The molecule has 1 N–H and O–H groups in total. The van der Waals surface area contributed by atoms with Crippen LogP contribution < -0.4 is 5.32 Å². The molecule has 2 fully saturated rings. The predicted octanol–water partition coefficient (Wildman–Crippen LogP) is 0.233. The number of ether oxygens (including phenoxy) is 1. The van der Waals surface area contributed by atoms with Crippen LogP contribution in [-0.4, -0.2) is 50.2 Å². The summed E-state index contributed by atoms with van der Waals surface area (Å²) in [6.45, 7) is 3.56. The summed E-state index contributed by atoms with van der Waals surface area (Å²) in [5, 5.41) is 3.19. The van der Waals surface area contributed by atoms with Crippen molar-refractivity contribution in [3.63, 3.8) is 0 Å². The molecule has 0 aromatic carbocycles. The highest BCUT2D eigenvalue weighted by Crippen LogP contribution is 2.20. The molecule has 0 spiro atoms. The summed E-state index contributed by atoms with van der Waals surface area (Å²) in [4.78, 5) is 13.8. The third-order valence-electron chi connectivity index (χ3n) is 3.51. The van der Waals surface area contributed by atoms with Gasteiger partial charge >= 0.3 is 0 Å². The van der Waals surface area contributed by atoms with Crippen LogP contribution in [0.15, 0.2) is 0 Å². The Kier molecular flexibility index (Phi) is 3.59. The Hall–Kier alpha value is -0.610. The number of amides is 1. The molecule has 0 atom stereocenters. The molecule has 4 nitrogen and oxygen atoms in total. The van der Waals surface area contributed by atoms with Crippen LogP contribution in [0.1, 0.15) is 19.3 Å². The van der Waals surface area contributed by atoms with E-state index in [-0.39, 0.29) is 0 Å². The van der Waals surface area contributed by atoms with Gasteiger partial charge in [0, 0.05) is 39.8 Å². The molecule has 0 bridgehead atoms. The Labute approximate surface area is 91.0 Å². The number of nitrogens with one attached hydrogen (secondary N) is 1. The van der Waals surface area contributed by atoms with Crippen LogP contribution in [0.2, 0.25) is 0 Å². The van der Waals surface area contributed by atoms with Crippen molar-refractivity contribution in [2.45, 2.75) is 25.3 Å². The van der Waals surface area contributed by atoms with Crippen LogP contribution in [0, 0.1) is 5.92 Å². The first-order valence-corrected chi connectivity index (χ1v) is 5.81. The molecule has 2 rings (SSSR count). The topological polar surface area (TPSA) is 41.6 Å². The van der Waals surface area contributed by atoms with Gasteiger partial charge in [0.2, 0.25) is 5.91 Å². The number of hydrogen-bond acceptors (Lipinski definition) is 3. The molecule has 2 aliphatic heterocycles. The Morgan fingerprint density at radius 3 is 2.60 bits per heavy atom. The van der Waals surface area contributed by atoms with Gasteiger partial charge in [0.25, 0.3) is 0 Å². The van der Waals surface area contributed by atoms with Gasteiger partial charge in [-0.05, 0) is 18.8 Å². The fraction of sp³-hybridized carbons (Fsp3) is 0.909. The number of hydrogen-bond donors (Lipinski definition) is 1. The van der Waals surface area contributed by atoms with E-state index in [1.165, 1.54) is 0 Å². The van der Waals surface area contributed by atoms with Crippen LogP contribution >= 0.6 is 0 Å². The van der Waals surface area contributed by atoms with Crippen molar-refractivity contribution < 1.29 is 9.53 Å². The average molecular weight is 212 g/mol. The second-order valence-corrected chi connectivity index (χ2v) is 4.58.